The molecule has 7 N–H and O–H groups in total. The van der Waals surface area contributed by atoms with Crippen LogP contribution in [0.2, 0.25) is 0 Å². The molecule has 0 radical (unpaired) electrons. The molecule has 0 unspecified atom stereocenters. The lowest BCUT2D eigenvalue weighted by molar-refractivity contribution is 0.369. The van der Waals surface area contributed by atoms with Gasteiger partial charge in [-0.15, -0.1) is 20.4 Å². The number of aromatic amines is 7. The SMILES string of the molecule is C.C.C.C.C.C.CC(C)(C)c1coc(=O)[nH]1.CC(C)(C)c1ncn[nH]1.CC(C)(C)c1ncn[nH]1.CC(C)(C)c1nn[nH]n1.CC(C)(C)c1nn[nH]n1.CC(C)(C)c1noc(=O)[nH]1.Cc1ccccn1.O=c1cccc[nH]1. The van der Waals surface area contributed by atoms with E-state index >= 15 is 0 Å². The van der Waals surface area contributed by atoms with E-state index < -0.39 is 5.76 Å². The zero-order chi connectivity index (χ0) is 53.4. The van der Waals surface area contributed by atoms with Crippen molar-refractivity contribution in [3.8, 4) is 0 Å². The number of aromatic nitrogens is 19. The third-order valence-electron chi connectivity index (χ3n) is 8.26. The van der Waals surface area contributed by atoms with E-state index in [1.54, 1.807) is 24.5 Å². The van der Waals surface area contributed by atoms with E-state index in [1.165, 1.54) is 25.0 Å². The molecule has 0 saturated heterocycles. The van der Waals surface area contributed by atoms with E-state index in [0.29, 0.717) is 5.82 Å². The molecule has 0 aliphatic carbocycles. The maximum absolute atomic E-state index is 10.5. The Labute approximate surface area is 452 Å². The summed E-state index contributed by atoms with van der Waals surface area (Å²) in [5, 5.41) is 43.8. The van der Waals surface area contributed by atoms with E-state index in [0.717, 1.165) is 34.7 Å². The number of aryl methyl sites for hydroxylation is 1. The van der Waals surface area contributed by atoms with Crippen LogP contribution in [0.15, 0.2) is 91.0 Å². The van der Waals surface area contributed by atoms with Gasteiger partial charge in [-0.1, -0.05) is 197 Å². The zero-order valence-electron chi connectivity index (χ0n) is 44.3. The lowest BCUT2D eigenvalue weighted by atomic mass is 9.93. The Bertz CT molecular complexity index is 2420. The van der Waals surface area contributed by atoms with Gasteiger partial charge in [0.05, 0.1) is 5.69 Å². The largest absolute Gasteiger partial charge is 0.438 e. The number of rotatable bonds is 0. The molecule has 0 aliphatic rings. The van der Waals surface area contributed by atoms with E-state index in [4.69, 9.17) is 0 Å². The fraction of sp³-hybridized carbons (Fsp3) is 0.596. The van der Waals surface area contributed by atoms with Gasteiger partial charge in [0.15, 0.2) is 17.5 Å². The highest BCUT2D eigenvalue weighted by Crippen LogP contribution is 2.19. The van der Waals surface area contributed by atoms with E-state index in [-0.39, 0.29) is 88.4 Å². The fourth-order valence-electron chi connectivity index (χ4n) is 4.12. The predicted molar refractivity (Wildman–Crippen MR) is 306 cm³/mol. The summed E-state index contributed by atoms with van der Waals surface area (Å²) in [4.78, 5) is 50.8. The molecule has 0 fully saturated rings. The monoisotopic (exact) mass is 1070 g/mol. The van der Waals surface area contributed by atoms with Crippen LogP contribution in [0.4, 0.5) is 0 Å². The molecule has 76 heavy (non-hydrogen) atoms. The van der Waals surface area contributed by atoms with Crippen LogP contribution in [0.3, 0.4) is 0 Å². The highest BCUT2D eigenvalue weighted by atomic mass is 16.5. The quantitative estimate of drug-likeness (QED) is 0.0742. The first-order valence-corrected chi connectivity index (χ1v) is 22.2. The van der Waals surface area contributed by atoms with Crippen LogP contribution in [-0.4, -0.2) is 96.7 Å². The molecule has 0 amide bonds. The minimum absolute atomic E-state index is 0. The highest BCUT2D eigenvalue weighted by molar-refractivity contribution is 5.05. The second kappa shape index (κ2) is 36.4. The van der Waals surface area contributed by atoms with Crippen LogP contribution in [0, 0.1) is 6.92 Å². The number of hydrogen-bond donors (Lipinski definition) is 7. The van der Waals surface area contributed by atoms with Crippen molar-refractivity contribution in [1.29, 1.82) is 0 Å². The second-order valence-corrected chi connectivity index (χ2v) is 21.3. The van der Waals surface area contributed by atoms with Crippen LogP contribution < -0.4 is 17.1 Å². The van der Waals surface area contributed by atoms with Gasteiger partial charge in [-0.25, -0.2) is 19.6 Å². The van der Waals surface area contributed by atoms with E-state index in [1.807, 2.05) is 108 Å². The van der Waals surface area contributed by atoms with Crippen LogP contribution in [0.25, 0.3) is 0 Å². The molecule has 0 aliphatic heterocycles. The first-order chi connectivity index (χ1) is 32.2. The number of H-pyrrole nitrogens is 7. The van der Waals surface area contributed by atoms with Crippen molar-refractivity contribution < 1.29 is 8.94 Å². The predicted octanol–water partition coefficient (Wildman–Crippen LogP) is 10.7. The van der Waals surface area contributed by atoms with Crippen LogP contribution >= 0.6 is 0 Å². The van der Waals surface area contributed by atoms with Crippen molar-refractivity contribution >= 4 is 0 Å². The van der Waals surface area contributed by atoms with Gasteiger partial charge >= 0.3 is 11.5 Å². The van der Waals surface area contributed by atoms with Crippen molar-refractivity contribution in [2.24, 2.45) is 0 Å². The second-order valence-electron chi connectivity index (χ2n) is 21.3. The topological polar surface area (TPSA) is 343 Å². The molecule has 8 aromatic rings. The number of hydrogen-bond acceptors (Lipinski definition) is 17. The van der Waals surface area contributed by atoms with Gasteiger partial charge in [0.2, 0.25) is 5.56 Å². The van der Waals surface area contributed by atoms with Crippen molar-refractivity contribution in [2.45, 2.75) is 209 Å². The summed E-state index contributed by atoms with van der Waals surface area (Å²) < 4.78 is 8.91. The summed E-state index contributed by atoms with van der Waals surface area (Å²) in [7, 11) is 0. The molecule has 8 rings (SSSR count). The van der Waals surface area contributed by atoms with Crippen LogP contribution in [0.1, 0.15) is 210 Å². The highest BCUT2D eigenvalue weighted by Gasteiger charge is 2.20. The third kappa shape index (κ3) is 34.8. The van der Waals surface area contributed by atoms with Crippen molar-refractivity contribution in [2.75, 3.05) is 0 Å². The average molecular weight is 1070 g/mol. The van der Waals surface area contributed by atoms with E-state index in [9.17, 15) is 14.4 Å². The first-order valence-electron chi connectivity index (χ1n) is 22.2. The minimum Gasteiger partial charge on any atom is -0.416 e. The lowest BCUT2D eigenvalue weighted by Crippen LogP contribution is -2.14. The number of oxazole rings is 1. The first kappa shape index (κ1) is 79.9. The summed E-state index contributed by atoms with van der Waals surface area (Å²) in [6, 6.07) is 10.8. The molecular formula is C52H99N19O5. The Morgan fingerprint density at radius 2 is 0.934 bits per heavy atom. The molecule has 0 saturated carbocycles. The Balaban J connectivity index is -0.000000183. The summed E-state index contributed by atoms with van der Waals surface area (Å²) in [6.07, 6.45) is 7.90. The molecule has 0 bridgehead atoms. The molecule has 0 spiro atoms. The molecule has 24 heteroatoms. The van der Waals surface area contributed by atoms with Crippen molar-refractivity contribution in [3.63, 3.8) is 0 Å². The zero-order valence-corrected chi connectivity index (χ0v) is 44.3. The molecular weight excluding hydrogens is 971 g/mol. The van der Waals surface area contributed by atoms with Gasteiger partial charge < -0.3 is 9.40 Å². The number of nitrogens with zero attached hydrogens (tertiary/aromatic N) is 12. The van der Waals surface area contributed by atoms with Gasteiger partial charge in [0.25, 0.3) is 0 Å². The normalized spacial score (nSPS) is 10.4. The lowest BCUT2D eigenvalue weighted by Gasteiger charge is -2.13. The summed E-state index contributed by atoms with van der Waals surface area (Å²) >= 11 is 0. The van der Waals surface area contributed by atoms with Crippen molar-refractivity contribution in [1.82, 2.24) is 96.7 Å². The number of nitrogens with one attached hydrogen (secondary N) is 7. The van der Waals surface area contributed by atoms with Gasteiger partial charge in [0, 0.05) is 56.6 Å². The summed E-state index contributed by atoms with van der Waals surface area (Å²) in [5.74, 6) is 3.07. The summed E-state index contributed by atoms with van der Waals surface area (Å²) in [5.41, 5.74) is 1.87. The third-order valence-corrected chi connectivity index (χ3v) is 8.26. The molecule has 8 aromatic heterocycles. The van der Waals surface area contributed by atoms with Gasteiger partial charge in [0.1, 0.15) is 30.6 Å². The van der Waals surface area contributed by atoms with Crippen molar-refractivity contribution in [3.05, 3.63) is 140 Å². The average Bonchev–Trinajstić information content (AvgIpc) is 4.10. The standard InChI is InChI=1S/C7H11NO2.2C6H11N3.C6H10N2O2.C6H7N.2C5H10N4.C5H5NO.6CH4/c1-7(2,3)5-4-10-6(9)8-5;2*1-6(2,3)5-7-4-8-9-5;1-6(2,3)4-7-5(9)10-8-4;1-6-4-2-3-5-7-6;2*1-5(2,3)4-6-8-9-7-4;7-5-3-1-2-4-6-5;;;;;;/h4H,1-3H3,(H,8,9);2*4H,1-3H3,(H,7,8,9);1-3H3,(H,7,8,9);2-5H,1H3;2*1-3H3,(H,6,7,8,9);1-4H,(H,6,7);6*1H4. The number of pyridine rings is 2. The Kier molecular flexibility index (Phi) is 38.3. The number of tetrazole rings is 2. The molecule has 8 heterocycles. The Morgan fingerprint density at radius 1 is 0.487 bits per heavy atom. The van der Waals surface area contributed by atoms with Crippen LogP contribution in [0.5, 0.6) is 0 Å². The maximum Gasteiger partial charge on any atom is 0.438 e. The molecule has 432 valence electrons. The maximum atomic E-state index is 10.5. The Morgan fingerprint density at radius 3 is 1.09 bits per heavy atom. The van der Waals surface area contributed by atoms with Gasteiger partial charge in [-0.3, -0.25) is 34.5 Å². The van der Waals surface area contributed by atoms with E-state index in [2.05, 4.69) is 147 Å². The fourth-order valence-corrected chi connectivity index (χ4v) is 4.12. The molecule has 0 atom stereocenters. The minimum atomic E-state index is -0.495. The molecule has 0 aromatic carbocycles. The van der Waals surface area contributed by atoms with Crippen LogP contribution in [-0.2, 0) is 32.5 Å². The Hall–Kier alpha value is -7.53. The van der Waals surface area contributed by atoms with Gasteiger partial charge in [-0.05, 0) is 25.1 Å². The molecule has 24 nitrogen and oxygen atoms in total. The summed E-state index contributed by atoms with van der Waals surface area (Å²) in [6.45, 7) is 38.6. The van der Waals surface area contributed by atoms with Gasteiger partial charge in [-0.2, -0.15) is 20.6 Å². The smallest absolute Gasteiger partial charge is 0.416 e.